The first-order valence-electron chi connectivity index (χ1n) is 15.7. The van der Waals surface area contributed by atoms with Crippen molar-refractivity contribution in [2.24, 2.45) is 0 Å². The van der Waals surface area contributed by atoms with E-state index in [1.165, 1.54) is 60.2 Å². The minimum Gasteiger partial charge on any atom is -0.309 e. The second-order valence-electron chi connectivity index (χ2n) is 12.0. The second-order valence-corrected chi connectivity index (χ2v) is 12.0. The van der Waals surface area contributed by atoms with E-state index in [1.807, 2.05) is 6.07 Å². The molecule has 3 aromatic heterocycles. The Kier molecular flexibility index (Phi) is 5.28. The predicted molar refractivity (Wildman–Crippen MR) is 193 cm³/mol. The zero-order chi connectivity index (χ0) is 30.2. The van der Waals surface area contributed by atoms with Gasteiger partial charge in [-0.25, -0.2) is 4.98 Å². The summed E-state index contributed by atoms with van der Waals surface area (Å²) in [6.45, 7) is 0. The maximum Gasteiger partial charge on any atom is 0.138 e. The molecule has 0 atom stereocenters. The average molecular weight is 586 g/mol. The molecule has 0 unspecified atom stereocenters. The van der Waals surface area contributed by atoms with Crippen LogP contribution < -0.4 is 0 Å². The molecular formula is C43H27N3. The fraction of sp³-hybridized carbons (Fsp3) is 0. The third kappa shape index (κ3) is 3.63. The molecule has 0 saturated heterocycles. The van der Waals surface area contributed by atoms with Gasteiger partial charge in [0.25, 0.3) is 0 Å². The van der Waals surface area contributed by atoms with Gasteiger partial charge in [0.2, 0.25) is 0 Å². The van der Waals surface area contributed by atoms with Gasteiger partial charge in [0.15, 0.2) is 0 Å². The summed E-state index contributed by atoms with van der Waals surface area (Å²) in [6.07, 6.45) is 0. The zero-order valence-corrected chi connectivity index (χ0v) is 24.9. The van der Waals surface area contributed by atoms with E-state index in [-0.39, 0.29) is 0 Å². The summed E-state index contributed by atoms with van der Waals surface area (Å²) >= 11 is 0. The standard InChI is InChI=1S/C43H27N3/c1-2-12-32(13-3-1)45-40-23-20-31(27-36(40)43-33-14-6-4-10-28(33)18-24-41(43)45)30-19-22-39-35(26-30)34-15-7-9-17-38(34)46(39)42-25-21-29-11-5-8-16-37(29)44-42/h1-27H. The average Bonchev–Trinajstić information content (AvgIpc) is 3.64. The summed E-state index contributed by atoms with van der Waals surface area (Å²) in [5, 5.41) is 8.67. The highest BCUT2D eigenvalue weighted by atomic mass is 15.1. The Labute approximate surface area is 265 Å². The molecule has 0 radical (unpaired) electrons. The van der Waals surface area contributed by atoms with Gasteiger partial charge < -0.3 is 4.57 Å². The van der Waals surface area contributed by atoms with E-state index in [4.69, 9.17) is 4.98 Å². The van der Waals surface area contributed by atoms with Crippen molar-refractivity contribution in [1.29, 1.82) is 0 Å². The van der Waals surface area contributed by atoms with E-state index in [2.05, 4.69) is 167 Å². The Morgan fingerprint density at radius 1 is 0.370 bits per heavy atom. The Bertz CT molecular complexity index is 2800. The maximum absolute atomic E-state index is 5.07. The molecule has 0 aliphatic carbocycles. The number of nitrogens with zero attached hydrogens (tertiary/aromatic N) is 3. The molecule has 0 aliphatic heterocycles. The van der Waals surface area contributed by atoms with Gasteiger partial charge in [0, 0.05) is 32.6 Å². The van der Waals surface area contributed by atoms with Gasteiger partial charge in [-0.3, -0.25) is 4.57 Å². The number of hydrogen-bond acceptors (Lipinski definition) is 1. The van der Waals surface area contributed by atoms with Crippen LogP contribution in [-0.2, 0) is 0 Å². The van der Waals surface area contributed by atoms with E-state index >= 15 is 0 Å². The number of aromatic nitrogens is 3. The number of fused-ring (bicyclic) bond motifs is 9. The van der Waals surface area contributed by atoms with E-state index in [0.29, 0.717) is 0 Å². The third-order valence-corrected chi connectivity index (χ3v) is 9.49. The van der Waals surface area contributed by atoms with Crippen LogP contribution >= 0.6 is 0 Å². The molecule has 0 bridgehead atoms. The summed E-state index contributed by atoms with van der Waals surface area (Å²) in [4.78, 5) is 5.07. The van der Waals surface area contributed by atoms with Crippen molar-refractivity contribution in [2.75, 3.05) is 0 Å². The van der Waals surface area contributed by atoms with Crippen molar-refractivity contribution in [3.05, 3.63) is 164 Å². The maximum atomic E-state index is 5.07. The molecule has 3 heteroatoms. The molecule has 10 rings (SSSR count). The minimum atomic E-state index is 0.930. The molecule has 0 fully saturated rings. The van der Waals surface area contributed by atoms with Gasteiger partial charge in [-0.2, -0.15) is 0 Å². The van der Waals surface area contributed by atoms with E-state index in [9.17, 15) is 0 Å². The van der Waals surface area contributed by atoms with Crippen molar-refractivity contribution >= 4 is 65.3 Å². The molecule has 46 heavy (non-hydrogen) atoms. The number of rotatable bonds is 3. The normalized spacial score (nSPS) is 11.9. The first-order chi connectivity index (χ1) is 22.8. The van der Waals surface area contributed by atoms with Gasteiger partial charge in [0.05, 0.1) is 27.6 Å². The van der Waals surface area contributed by atoms with Gasteiger partial charge in [-0.05, 0) is 88.6 Å². The van der Waals surface area contributed by atoms with Gasteiger partial charge in [-0.1, -0.05) is 97.1 Å². The number of benzene rings is 7. The summed E-state index contributed by atoms with van der Waals surface area (Å²) in [6, 6.07) is 59.0. The fourth-order valence-electron chi connectivity index (χ4n) is 7.40. The van der Waals surface area contributed by atoms with Crippen LogP contribution in [0.15, 0.2) is 164 Å². The molecule has 214 valence electrons. The molecule has 3 heterocycles. The highest BCUT2D eigenvalue weighted by molar-refractivity contribution is 6.22. The van der Waals surface area contributed by atoms with E-state index in [0.717, 1.165) is 27.8 Å². The highest BCUT2D eigenvalue weighted by Gasteiger charge is 2.17. The van der Waals surface area contributed by atoms with Crippen molar-refractivity contribution in [3.8, 4) is 22.6 Å². The Balaban J connectivity index is 1.22. The highest BCUT2D eigenvalue weighted by Crippen LogP contribution is 2.40. The van der Waals surface area contributed by atoms with Crippen LogP contribution in [0.2, 0.25) is 0 Å². The number of pyridine rings is 1. The molecule has 0 spiro atoms. The van der Waals surface area contributed by atoms with E-state index in [1.54, 1.807) is 0 Å². The lowest BCUT2D eigenvalue weighted by Crippen LogP contribution is -1.97. The van der Waals surface area contributed by atoms with Crippen molar-refractivity contribution in [3.63, 3.8) is 0 Å². The Morgan fingerprint density at radius 3 is 1.83 bits per heavy atom. The van der Waals surface area contributed by atoms with Crippen LogP contribution in [-0.4, -0.2) is 14.1 Å². The van der Waals surface area contributed by atoms with Crippen LogP contribution in [0.3, 0.4) is 0 Å². The molecular weight excluding hydrogens is 558 g/mol. The fourth-order valence-corrected chi connectivity index (χ4v) is 7.40. The van der Waals surface area contributed by atoms with Crippen LogP contribution in [0, 0.1) is 0 Å². The lowest BCUT2D eigenvalue weighted by atomic mass is 9.99. The smallest absolute Gasteiger partial charge is 0.138 e. The zero-order valence-electron chi connectivity index (χ0n) is 24.9. The third-order valence-electron chi connectivity index (χ3n) is 9.49. The molecule has 10 aromatic rings. The lowest BCUT2D eigenvalue weighted by molar-refractivity contribution is 1.10. The monoisotopic (exact) mass is 585 g/mol. The molecule has 7 aromatic carbocycles. The van der Waals surface area contributed by atoms with E-state index < -0.39 is 0 Å². The van der Waals surface area contributed by atoms with Gasteiger partial charge in [-0.15, -0.1) is 0 Å². The van der Waals surface area contributed by atoms with Crippen molar-refractivity contribution in [2.45, 2.75) is 0 Å². The molecule has 0 N–H and O–H groups in total. The quantitative estimate of drug-likeness (QED) is 0.202. The predicted octanol–water partition coefficient (Wildman–Crippen LogP) is 11.2. The Hall–Kier alpha value is -6.19. The van der Waals surface area contributed by atoms with Crippen molar-refractivity contribution in [1.82, 2.24) is 14.1 Å². The molecule has 0 amide bonds. The topological polar surface area (TPSA) is 22.8 Å². The molecule has 3 nitrogen and oxygen atoms in total. The SMILES string of the molecule is c1ccc(-n2c3ccc(-c4ccc5c(c4)c4ccccc4n5-c4ccc5ccccc5n4)cc3c3c4ccccc4ccc32)cc1. The molecule has 0 saturated carbocycles. The summed E-state index contributed by atoms with van der Waals surface area (Å²) < 4.78 is 4.69. The first-order valence-corrected chi connectivity index (χ1v) is 15.7. The first kappa shape index (κ1) is 25.2. The number of para-hydroxylation sites is 3. The van der Waals surface area contributed by atoms with Crippen LogP contribution in [0.5, 0.6) is 0 Å². The van der Waals surface area contributed by atoms with Crippen molar-refractivity contribution < 1.29 is 0 Å². The summed E-state index contributed by atoms with van der Waals surface area (Å²) in [7, 11) is 0. The van der Waals surface area contributed by atoms with Gasteiger partial charge >= 0.3 is 0 Å². The summed E-state index contributed by atoms with van der Waals surface area (Å²) in [5.41, 5.74) is 9.31. The van der Waals surface area contributed by atoms with Crippen LogP contribution in [0.25, 0.3) is 87.9 Å². The lowest BCUT2D eigenvalue weighted by Gasteiger charge is -2.09. The molecule has 0 aliphatic rings. The largest absolute Gasteiger partial charge is 0.309 e. The minimum absolute atomic E-state index is 0.930. The second kappa shape index (κ2) is 9.65. The number of hydrogen-bond donors (Lipinski definition) is 0. The van der Waals surface area contributed by atoms with Crippen LogP contribution in [0.1, 0.15) is 0 Å². The Morgan fingerprint density at radius 2 is 0.978 bits per heavy atom. The van der Waals surface area contributed by atoms with Crippen LogP contribution in [0.4, 0.5) is 0 Å². The summed E-state index contributed by atoms with van der Waals surface area (Å²) in [5.74, 6) is 0.930. The van der Waals surface area contributed by atoms with Gasteiger partial charge in [0.1, 0.15) is 5.82 Å².